The fourth-order valence-electron chi connectivity index (χ4n) is 2.48. The summed E-state index contributed by atoms with van der Waals surface area (Å²) in [5, 5.41) is 5.46. The van der Waals surface area contributed by atoms with Crippen molar-refractivity contribution in [3.63, 3.8) is 0 Å². The average molecular weight is 328 g/mol. The molecule has 1 N–H and O–H groups in total. The first-order valence-electron chi connectivity index (χ1n) is 6.90. The van der Waals surface area contributed by atoms with Gasteiger partial charge >= 0.3 is 0 Å². The summed E-state index contributed by atoms with van der Waals surface area (Å²) in [6.07, 6.45) is 0. The molecule has 0 atom stereocenters. The van der Waals surface area contributed by atoms with Crippen LogP contribution in [0.3, 0.4) is 0 Å². The molecule has 4 rings (SSSR count). The molecule has 0 radical (unpaired) electrons. The highest BCUT2D eigenvalue weighted by Gasteiger charge is 2.18. The lowest BCUT2D eigenvalue weighted by Crippen LogP contribution is -2.12. The van der Waals surface area contributed by atoms with Crippen LogP contribution in [-0.2, 0) is 10.0 Å². The van der Waals surface area contributed by atoms with E-state index in [1.165, 1.54) is 12.1 Å². The van der Waals surface area contributed by atoms with Crippen LogP contribution in [0.1, 0.15) is 5.76 Å². The summed E-state index contributed by atoms with van der Waals surface area (Å²) >= 11 is 0. The maximum atomic E-state index is 12.4. The highest BCUT2D eigenvalue weighted by atomic mass is 32.2. The van der Waals surface area contributed by atoms with E-state index < -0.39 is 10.0 Å². The van der Waals surface area contributed by atoms with Crippen LogP contribution < -0.4 is 4.72 Å². The summed E-state index contributed by atoms with van der Waals surface area (Å²) in [5.74, 6) is 0.669. The van der Waals surface area contributed by atoms with Crippen LogP contribution in [0.15, 0.2) is 62.4 Å². The summed E-state index contributed by atoms with van der Waals surface area (Å²) in [5.41, 5.74) is 1.24. The van der Waals surface area contributed by atoms with Crippen molar-refractivity contribution >= 4 is 37.8 Å². The van der Waals surface area contributed by atoms with Gasteiger partial charge in [-0.2, -0.15) is 0 Å². The number of aromatic nitrogens is 1. The van der Waals surface area contributed by atoms with E-state index in [0.29, 0.717) is 11.3 Å². The van der Waals surface area contributed by atoms with E-state index in [1.54, 1.807) is 19.1 Å². The maximum Gasteiger partial charge on any atom is 0.263 e. The summed E-state index contributed by atoms with van der Waals surface area (Å²) in [6.45, 7) is 1.69. The lowest BCUT2D eigenvalue weighted by atomic mass is 10.2. The van der Waals surface area contributed by atoms with Crippen LogP contribution in [0.4, 0.5) is 5.82 Å². The number of sulfonamides is 1. The van der Waals surface area contributed by atoms with Gasteiger partial charge in [0.05, 0.1) is 4.90 Å². The van der Waals surface area contributed by atoms with Crippen LogP contribution in [-0.4, -0.2) is 13.6 Å². The first-order chi connectivity index (χ1) is 11.0. The first kappa shape index (κ1) is 13.8. The second-order valence-electron chi connectivity index (χ2n) is 5.18. The molecule has 0 spiro atoms. The van der Waals surface area contributed by atoms with Crippen LogP contribution in [0.5, 0.6) is 0 Å². The molecule has 0 aliphatic heterocycles. The lowest BCUT2D eigenvalue weighted by molar-refractivity contribution is 0.400. The zero-order chi connectivity index (χ0) is 16.0. The predicted octanol–water partition coefficient (Wildman–Crippen LogP) is 3.68. The lowest BCUT2D eigenvalue weighted by Gasteiger charge is -2.04. The van der Waals surface area contributed by atoms with Gasteiger partial charge in [-0.25, -0.2) is 8.42 Å². The molecule has 0 aliphatic rings. The molecule has 0 aliphatic carbocycles. The Labute approximate surface area is 131 Å². The number of nitrogens with one attached hydrogen (secondary N) is 1. The number of furan rings is 1. The van der Waals surface area contributed by atoms with Crippen molar-refractivity contribution in [3.05, 3.63) is 54.3 Å². The molecule has 0 saturated carbocycles. The monoisotopic (exact) mass is 328 g/mol. The fourth-order valence-corrected chi connectivity index (χ4v) is 3.48. The van der Waals surface area contributed by atoms with Crippen LogP contribution in [0.2, 0.25) is 0 Å². The van der Waals surface area contributed by atoms with Gasteiger partial charge in [-0.15, -0.1) is 0 Å². The number of aryl methyl sites for hydroxylation is 1. The van der Waals surface area contributed by atoms with E-state index in [-0.39, 0.29) is 10.7 Å². The molecule has 7 heteroatoms. The predicted molar refractivity (Wildman–Crippen MR) is 85.8 cm³/mol. The highest BCUT2D eigenvalue weighted by molar-refractivity contribution is 7.92. The first-order valence-corrected chi connectivity index (χ1v) is 8.39. The molecular formula is C16H12N2O4S. The molecule has 0 saturated heterocycles. The number of anilines is 1. The van der Waals surface area contributed by atoms with Crippen molar-refractivity contribution < 1.29 is 17.4 Å². The Hall–Kier alpha value is -2.80. The fraction of sp³-hybridized carbons (Fsp3) is 0.0625. The molecule has 2 aromatic carbocycles. The van der Waals surface area contributed by atoms with Crippen molar-refractivity contribution in [2.24, 2.45) is 0 Å². The van der Waals surface area contributed by atoms with E-state index in [4.69, 9.17) is 8.94 Å². The molecule has 2 heterocycles. The van der Waals surface area contributed by atoms with Gasteiger partial charge in [0, 0.05) is 22.9 Å². The van der Waals surface area contributed by atoms with E-state index in [2.05, 4.69) is 9.88 Å². The maximum absolute atomic E-state index is 12.4. The molecule has 2 aromatic heterocycles. The molecule has 0 fully saturated rings. The highest BCUT2D eigenvalue weighted by Crippen LogP contribution is 2.30. The number of benzene rings is 2. The summed E-state index contributed by atoms with van der Waals surface area (Å²) < 4.78 is 37.8. The number of nitrogens with zero attached hydrogens (tertiary/aromatic N) is 1. The van der Waals surface area contributed by atoms with Crippen molar-refractivity contribution in [2.75, 3.05) is 4.72 Å². The summed E-state index contributed by atoms with van der Waals surface area (Å²) in [7, 11) is -3.76. The Morgan fingerprint density at radius 2 is 1.78 bits per heavy atom. The molecule has 6 nitrogen and oxygen atoms in total. The van der Waals surface area contributed by atoms with Gasteiger partial charge in [0.15, 0.2) is 5.82 Å². The zero-order valence-corrected chi connectivity index (χ0v) is 12.9. The molecule has 0 amide bonds. The summed E-state index contributed by atoms with van der Waals surface area (Å²) in [6, 6.07) is 13.9. The molecule has 4 aromatic rings. The van der Waals surface area contributed by atoms with E-state index in [1.807, 2.05) is 24.3 Å². The third-order valence-electron chi connectivity index (χ3n) is 3.53. The van der Waals surface area contributed by atoms with Crippen LogP contribution >= 0.6 is 0 Å². The van der Waals surface area contributed by atoms with Gasteiger partial charge in [0.2, 0.25) is 0 Å². The third kappa shape index (κ3) is 2.35. The Morgan fingerprint density at radius 1 is 1.00 bits per heavy atom. The van der Waals surface area contributed by atoms with Crippen molar-refractivity contribution in [3.8, 4) is 0 Å². The number of hydrogen-bond acceptors (Lipinski definition) is 5. The van der Waals surface area contributed by atoms with Gasteiger partial charge in [-0.3, -0.25) is 4.72 Å². The quantitative estimate of drug-likeness (QED) is 0.620. The minimum absolute atomic E-state index is 0.102. The SMILES string of the molecule is Cc1cc(NS(=O)(=O)c2ccc3c(c2)oc2ccccc23)no1. The smallest absolute Gasteiger partial charge is 0.263 e. The standard InChI is InChI=1S/C16H12N2O4S/c1-10-8-16(17-22-10)18-23(19,20)11-6-7-13-12-4-2-3-5-14(12)21-15(13)9-11/h2-9H,1H3,(H,17,18). The second kappa shape index (κ2) is 4.85. The zero-order valence-electron chi connectivity index (χ0n) is 12.1. The van der Waals surface area contributed by atoms with Crippen molar-refractivity contribution in [2.45, 2.75) is 11.8 Å². The molecule has 116 valence electrons. The Morgan fingerprint density at radius 3 is 2.57 bits per heavy atom. The molecular weight excluding hydrogens is 316 g/mol. The topological polar surface area (TPSA) is 85.3 Å². The Bertz CT molecular complexity index is 1130. The van der Waals surface area contributed by atoms with Gasteiger partial charge < -0.3 is 8.94 Å². The largest absolute Gasteiger partial charge is 0.456 e. The molecule has 0 unspecified atom stereocenters. The van der Waals surface area contributed by atoms with Gasteiger partial charge in [0.1, 0.15) is 16.9 Å². The normalized spacial score (nSPS) is 12.0. The summed E-state index contributed by atoms with van der Waals surface area (Å²) in [4.78, 5) is 0.102. The number of rotatable bonds is 3. The number of para-hydroxylation sites is 1. The van der Waals surface area contributed by atoms with Crippen LogP contribution in [0, 0.1) is 6.92 Å². The average Bonchev–Trinajstić information content (AvgIpc) is 3.09. The van der Waals surface area contributed by atoms with Crippen LogP contribution in [0.25, 0.3) is 21.9 Å². The van der Waals surface area contributed by atoms with E-state index >= 15 is 0 Å². The third-order valence-corrected chi connectivity index (χ3v) is 4.88. The minimum atomic E-state index is -3.76. The van der Waals surface area contributed by atoms with Gasteiger partial charge in [0.25, 0.3) is 10.0 Å². The number of hydrogen-bond donors (Lipinski definition) is 1. The van der Waals surface area contributed by atoms with Crippen molar-refractivity contribution in [1.82, 2.24) is 5.16 Å². The minimum Gasteiger partial charge on any atom is -0.456 e. The van der Waals surface area contributed by atoms with Gasteiger partial charge in [-0.05, 0) is 25.1 Å². The van der Waals surface area contributed by atoms with Crippen molar-refractivity contribution in [1.29, 1.82) is 0 Å². The van der Waals surface area contributed by atoms with Gasteiger partial charge in [-0.1, -0.05) is 23.4 Å². The Balaban J connectivity index is 1.80. The number of fused-ring (bicyclic) bond motifs is 3. The molecule has 23 heavy (non-hydrogen) atoms. The van der Waals surface area contributed by atoms with E-state index in [9.17, 15) is 8.42 Å². The van der Waals surface area contributed by atoms with E-state index in [0.717, 1.165) is 16.4 Å². The Kier molecular flexibility index (Phi) is 2.92. The second-order valence-corrected chi connectivity index (χ2v) is 6.87. The molecule has 0 bridgehead atoms.